The summed E-state index contributed by atoms with van der Waals surface area (Å²) in [7, 11) is 0. The third-order valence-electron chi connectivity index (χ3n) is 16.2. The van der Waals surface area contributed by atoms with Gasteiger partial charge in [-0.15, -0.1) is 0 Å². The molecule has 0 saturated heterocycles. The minimum Gasteiger partial charge on any atom is -0.0622 e. The van der Waals surface area contributed by atoms with Crippen LogP contribution >= 0.6 is 0 Å². The third-order valence-corrected chi connectivity index (χ3v) is 16.2. The van der Waals surface area contributed by atoms with Gasteiger partial charge in [0, 0.05) is 0 Å². The van der Waals surface area contributed by atoms with E-state index in [0.29, 0.717) is 0 Å². The van der Waals surface area contributed by atoms with E-state index in [1.807, 2.05) is 0 Å². The zero-order valence-electron chi connectivity index (χ0n) is 42.9. The summed E-state index contributed by atoms with van der Waals surface area (Å²) < 4.78 is 0. The molecule has 0 heterocycles. The highest BCUT2D eigenvalue weighted by Gasteiger charge is 2.16. The fraction of sp³-hybridized carbons (Fsp3) is 0. The summed E-state index contributed by atoms with van der Waals surface area (Å²) >= 11 is 0. The van der Waals surface area contributed by atoms with Gasteiger partial charge < -0.3 is 0 Å². The van der Waals surface area contributed by atoms with Crippen molar-refractivity contribution >= 4 is 64.6 Å². The van der Waals surface area contributed by atoms with Crippen LogP contribution in [0.1, 0.15) is 0 Å². The van der Waals surface area contributed by atoms with Crippen LogP contribution < -0.4 is 0 Å². The van der Waals surface area contributed by atoms with Crippen LogP contribution in [0.3, 0.4) is 0 Å². The Hall–Kier alpha value is -10.1. The predicted molar refractivity (Wildman–Crippen MR) is 335 cm³/mol. The summed E-state index contributed by atoms with van der Waals surface area (Å²) in [5.41, 5.74) is 19.0. The van der Waals surface area contributed by atoms with Gasteiger partial charge >= 0.3 is 0 Å². The van der Waals surface area contributed by atoms with Crippen LogP contribution in [-0.2, 0) is 0 Å². The summed E-state index contributed by atoms with van der Waals surface area (Å²) in [5, 5.41) is 15.2. The lowest BCUT2D eigenvalue weighted by Crippen LogP contribution is -1.90. The Morgan fingerprint density at radius 3 is 0.590 bits per heavy atom. The van der Waals surface area contributed by atoms with Crippen LogP contribution in [0.2, 0.25) is 0 Å². The molecule has 0 heteroatoms. The van der Waals surface area contributed by atoms with Crippen molar-refractivity contribution in [2.75, 3.05) is 0 Å². The molecular weight excluding hydrogens is 937 g/mol. The monoisotopic (exact) mass is 986 g/mol. The maximum Gasteiger partial charge on any atom is -0.00926 e. The lowest BCUT2D eigenvalue weighted by Gasteiger charge is -2.16. The first-order valence-corrected chi connectivity index (χ1v) is 27.0. The Bertz CT molecular complexity index is 4720. The molecule has 362 valence electrons. The fourth-order valence-corrected chi connectivity index (χ4v) is 12.3. The first-order chi connectivity index (χ1) is 38.6. The molecule has 0 aromatic heterocycles. The molecule has 0 fully saturated rings. The first kappa shape index (κ1) is 45.3. The van der Waals surface area contributed by atoms with Gasteiger partial charge in [0.1, 0.15) is 0 Å². The lowest BCUT2D eigenvalue weighted by atomic mass is 9.88. The molecule has 15 aromatic rings. The molecule has 15 aromatic carbocycles. The van der Waals surface area contributed by atoms with Crippen molar-refractivity contribution < 1.29 is 0 Å². The quantitative estimate of drug-likeness (QED) is 0.133. The van der Waals surface area contributed by atoms with Crippen LogP contribution in [0.25, 0.3) is 154 Å². The van der Waals surface area contributed by atoms with Crippen molar-refractivity contribution in [3.05, 3.63) is 303 Å². The SMILES string of the molecule is c1ccc(-c2cc(-c3ccccc3)cc(-c3cccc(-c4cccc(-c5cc(-c6ccc7c8ccccc8c8ccccc8c7c6)cc(-c6ccc7c8ccccc8c8ccc(-c9ccccc9)cc8c7c6)c5)c4)c3)c2)cc1. The molecule has 0 radical (unpaired) electrons. The molecule has 0 aliphatic carbocycles. The minimum atomic E-state index is 1.17. The Labute approximate surface area is 454 Å². The van der Waals surface area contributed by atoms with Crippen molar-refractivity contribution in [3.63, 3.8) is 0 Å². The summed E-state index contributed by atoms with van der Waals surface area (Å²) in [6.45, 7) is 0. The van der Waals surface area contributed by atoms with Gasteiger partial charge in [-0.3, -0.25) is 0 Å². The van der Waals surface area contributed by atoms with E-state index in [1.54, 1.807) is 0 Å². The summed E-state index contributed by atoms with van der Waals surface area (Å²) in [4.78, 5) is 0. The Morgan fingerprint density at radius 2 is 0.269 bits per heavy atom. The van der Waals surface area contributed by atoms with Gasteiger partial charge in [-0.2, -0.15) is 0 Å². The molecule has 0 N–H and O–H groups in total. The summed E-state index contributed by atoms with van der Waals surface area (Å²) in [6.07, 6.45) is 0. The van der Waals surface area contributed by atoms with E-state index in [0.717, 1.165) is 0 Å². The van der Waals surface area contributed by atoms with E-state index >= 15 is 0 Å². The predicted octanol–water partition coefficient (Wildman–Crippen LogP) is 21.9. The average Bonchev–Trinajstić information content (AvgIpc) is 3.71. The van der Waals surface area contributed by atoms with Gasteiger partial charge in [0.05, 0.1) is 0 Å². The van der Waals surface area contributed by atoms with Gasteiger partial charge in [0.15, 0.2) is 0 Å². The van der Waals surface area contributed by atoms with E-state index in [1.165, 1.54) is 154 Å². The van der Waals surface area contributed by atoms with Crippen LogP contribution in [0.15, 0.2) is 303 Å². The topological polar surface area (TPSA) is 0 Å². The van der Waals surface area contributed by atoms with Crippen LogP contribution in [-0.4, -0.2) is 0 Å². The average molecular weight is 987 g/mol. The van der Waals surface area contributed by atoms with E-state index < -0.39 is 0 Å². The maximum atomic E-state index is 2.44. The zero-order chi connectivity index (χ0) is 51.5. The van der Waals surface area contributed by atoms with Gasteiger partial charge in [-0.25, -0.2) is 0 Å². The lowest BCUT2D eigenvalue weighted by molar-refractivity contribution is 1.55. The number of hydrogen-bond donors (Lipinski definition) is 0. The molecule has 0 aliphatic heterocycles. The largest absolute Gasteiger partial charge is 0.0622 e. The molecule has 0 spiro atoms. The van der Waals surface area contributed by atoms with E-state index in [2.05, 4.69) is 303 Å². The van der Waals surface area contributed by atoms with E-state index in [-0.39, 0.29) is 0 Å². The third kappa shape index (κ3) is 8.02. The number of fused-ring (bicyclic) bond motifs is 12. The second-order valence-electron chi connectivity index (χ2n) is 20.8. The highest BCUT2D eigenvalue weighted by Crippen LogP contribution is 2.43. The fourth-order valence-electron chi connectivity index (χ4n) is 12.3. The maximum absolute atomic E-state index is 2.44. The van der Waals surface area contributed by atoms with Gasteiger partial charge in [-0.05, 0) is 220 Å². The standard InChI is InChI=1S/C78H50/c1-4-18-51(19-5-1)58-34-37-74-70-31-12-13-32-71(70)75-39-36-60(50-78(75)77(74)48-58)66-46-64(45-65(47-66)59-35-38-73-69-30-11-10-28-67(69)68-29-14-15-33-72(68)76(73)49-59)57-27-17-25-55(41-57)54-24-16-26-56(40-54)63-43-61(52-20-6-2-7-21-52)42-62(44-63)53-22-8-3-9-23-53/h1-50H. The zero-order valence-corrected chi connectivity index (χ0v) is 42.9. The Kier molecular flexibility index (Phi) is 11.0. The molecule has 0 bridgehead atoms. The van der Waals surface area contributed by atoms with Crippen molar-refractivity contribution in [1.29, 1.82) is 0 Å². The van der Waals surface area contributed by atoms with Gasteiger partial charge in [0.2, 0.25) is 0 Å². The van der Waals surface area contributed by atoms with E-state index in [9.17, 15) is 0 Å². The first-order valence-electron chi connectivity index (χ1n) is 27.0. The Balaban J connectivity index is 0.905. The normalized spacial score (nSPS) is 11.6. The highest BCUT2D eigenvalue weighted by atomic mass is 14.2. The molecule has 15 rings (SSSR count). The number of benzene rings is 15. The molecule has 0 saturated carbocycles. The molecular formula is C78H50. The summed E-state index contributed by atoms with van der Waals surface area (Å²) in [6, 6.07) is 112. The molecule has 78 heavy (non-hydrogen) atoms. The van der Waals surface area contributed by atoms with Crippen LogP contribution in [0, 0.1) is 0 Å². The Morgan fingerprint density at radius 1 is 0.0897 bits per heavy atom. The van der Waals surface area contributed by atoms with Crippen molar-refractivity contribution in [2.24, 2.45) is 0 Å². The number of hydrogen-bond acceptors (Lipinski definition) is 0. The van der Waals surface area contributed by atoms with Gasteiger partial charge in [-0.1, -0.05) is 237 Å². The van der Waals surface area contributed by atoms with E-state index in [4.69, 9.17) is 0 Å². The number of rotatable bonds is 8. The van der Waals surface area contributed by atoms with Crippen molar-refractivity contribution in [1.82, 2.24) is 0 Å². The second kappa shape index (κ2) is 18.9. The summed E-state index contributed by atoms with van der Waals surface area (Å²) in [5.74, 6) is 0. The molecule has 0 unspecified atom stereocenters. The minimum absolute atomic E-state index is 1.17. The van der Waals surface area contributed by atoms with Crippen LogP contribution in [0.4, 0.5) is 0 Å². The molecule has 0 amide bonds. The second-order valence-corrected chi connectivity index (χ2v) is 20.8. The van der Waals surface area contributed by atoms with Gasteiger partial charge in [0.25, 0.3) is 0 Å². The van der Waals surface area contributed by atoms with Crippen molar-refractivity contribution in [3.8, 4) is 89.0 Å². The molecule has 0 nitrogen and oxygen atoms in total. The van der Waals surface area contributed by atoms with Crippen LogP contribution in [0.5, 0.6) is 0 Å². The molecule has 0 aliphatic rings. The van der Waals surface area contributed by atoms with Crippen molar-refractivity contribution in [2.45, 2.75) is 0 Å². The highest BCUT2D eigenvalue weighted by molar-refractivity contribution is 6.27. The smallest absolute Gasteiger partial charge is 0.00926 e. The molecule has 0 atom stereocenters.